The highest BCUT2D eigenvalue weighted by molar-refractivity contribution is 5.08. The van der Waals surface area contributed by atoms with Crippen molar-refractivity contribution >= 4 is 0 Å². The molecule has 1 unspecified atom stereocenters. The lowest BCUT2D eigenvalue weighted by atomic mass is 9.98. The van der Waals surface area contributed by atoms with Crippen LogP contribution in [0.2, 0.25) is 0 Å². The molecule has 2 aliphatic rings. The molecule has 104 valence electrons. The van der Waals surface area contributed by atoms with Crippen LogP contribution in [0.15, 0.2) is 24.5 Å². The van der Waals surface area contributed by atoms with Gasteiger partial charge in [-0.05, 0) is 50.3 Å². The van der Waals surface area contributed by atoms with Crippen molar-refractivity contribution in [2.45, 2.75) is 56.7 Å². The molecule has 3 heteroatoms. The van der Waals surface area contributed by atoms with Crippen LogP contribution in [-0.4, -0.2) is 29.8 Å². The fourth-order valence-corrected chi connectivity index (χ4v) is 3.47. The fraction of sp³-hybridized carbons (Fsp3) is 0.688. The van der Waals surface area contributed by atoms with Crippen molar-refractivity contribution in [1.29, 1.82) is 0 Å². The van der Waals surface area contributed by atoms with Crippen molar-refractivity contribution in [3.8, 4) is 0 Å². The first kappa shape index (κ1) is 13.1. The van der Waals surface area contributed by atoms with E-state index in [1.165, 1.54) is 44.1 Å². The average molecular weight is 260 g/mol. The standard InChI is InChI=1S/C16H24N2O/c1-2-8-16(7-1)9-5-15(19-16)13-18-11-6-14-4-3-10-17-12-14/h3-4,10,12,15,18H,1-2,5-9,11,13H2. The van der Waals surface area contributed by atoms with Gasteiger partial charge < -0.3 is 10.1 Å². The molecule has 2 fully saturated rings. The highest BCUT2D eigenvalue weighted by Crippen LogP contribution is 2.43. The van der Waals surface area contributed by atoms with E-state index in [2.05, 4.69) is 16.4 Å². The summed E-state index contributed by atoms with van der Waals surface area (Å²) in [5, 5.41) is 3.53. The SMILES string of the molecule is c1cncc(CCNCC2CCC3(CCCC3)O2)c1. The first-order valence-electron chi connectivity index (χ1n) is 7.64. The molecule has 1 atom stereocenters. The zero-order valence-electron chi connectivity index (χ0n) is 11.6. The molecule has 1 aromatic rings. The maximum Gasteiger partial charge on any atom is 0.0708 e. The Hall–Kier alpha value is -0.930. The van der Waals surface area contributed by atoms with Crippen molar-refractivity contribution in [2.24, 2.45) is 0 Å². The monoisotopic (exact) mass is 260 g/mol. The quantitative estimate of drug-likeness (QED) is 0.827. The van der Waals surface area contributed by atoms with E-state index in [4.69, 9.17) is 4.74 Å². The molecule has 1 spiro atoms. The number of pyridine rings is 1. The minimum atomic E-state index is 0.274. The third-order valence-corrected chi connectivity index (χ3v) is 4.54. The Morgan fingerprint density at radius 3 is 3.00 bits per heavy atom. The Morgan fingerprint density at radius 1 is 1.32 bits per heavy atom. The Balaban J connectivity index is 1.35. The van der Waals surface area contributed by atoms with Crippen LogP contribution >= 0.6 is 0 Å². The topological polar surface area (TPSA) is 34.2 Å². The lowest BCUT2D eigenvalue weighted by Gasteiger charge is -2.23. The van der Waals surface area contributed by atoms with E-state index in [0.29, 0.717) is 6.10 Å². The van der Waals surface area contributed by atoms with E-state index in [9.17, 15) is 0 Å². The van der Waals surface area contributed by atoms with Crippen LogP contribution in [0.5, 0.6) is 0 Å². The van der Waals surface area contributed by atoms with Gasteiger partial charge in [0.1, 0.15) is 0 Å². The van der Waals surface area contributed by atoms with Gasteiger partial charge in [0, 0.05) is 18.9 Å². The highest BCUT2D eigenvalue weighted by Gasteiger charge is 2.41. The molecule has 1 saturated carbocycles. The maximum absolute atomic E-state index is 6.29. The molecule has 1 aliphatic carbocycles. The van der Waals surface area contributed by atoms with Gasteiger partial charge >= 0.3 is 0 Å². The van der Waals surface area contributed by atoms with Crippen molar-refractivity contribution in [2.75, 3.05) is 13.1 Å². The number of ether oxygens (including phenoxy) is 1. The van der Waals surface area contributed by atoms with Gasteiger partial charge in [-0.3, -0.25) is 4.98 Å². The Kier molecular flexibility index (Phi) is 4.14. The second-order valence-electron chi connectivity index (χ2n) is 5.98. The van der Waals surface area contributed by atoms with Crippen LogP contribution in [0.4, 0.5) is 0 Å². The number of nitrogens with one attached hydrogen (secondary N) is 1. The van der Waals surface area contributed by atoms with Crippen LogP contribution in [-0.2, 0) is 11.2 Å². The Bertz CT molecular complexity index is 387. The second-order valence-corrected chi connectivity index (χ2v) is 5.98. The Labute approximate surface area is 115 Å². The van der Waals surface area contributed by atoms with Gasteiger partial charge in [-0.15, -0.1) is 0 Å². The van der Waals surface area contributed by atoms with E-state index in [-0.39, 0.29) is 5.60 Å². The summed E-state index contributed by atoms with van der Waals surface area (Å²) in [5.74, 6) is 0. The van der Waals surface area contributed by atoms with Crippen molar-refractivity contribution in [1.82, 2.24) is 10.3 Å². The molecule has 3 rings (SSSR count). The summed E-state index contributed by atoms with van der Waals surface area (Å²) in [4.78, 5) is 4.14. The van der Waals surface area contributed by atoms with Crippen LogP contribution in [0, 0.1) is 0 Å². The normalized spacial score (nSPS) is 25.2. The molecule has 1 saturated heterocycles. The second kappa shape index (κ2) is 6.02. The summed E-state index contributed by atoms with van der Waals surface area (Å²) in [7, 11) is 0. The third-order valence-electron chi connectivity index (χ3n) is 4.54. The van der Waals surface area contributed by atoms with Gasteiger partial charge in [-0.1, -0.05) is 18.9 Å². The van der Waals surface area contributed by atoms with Gasteiger partial charge in [0.05, 0.1) is 11.7 Å². The van der Waals surface area contributed by atoms with E-state index in [1.54, 1.807) is 0 Å². The maximum atomic E-state index is 6.29. The molecule has 3 nitrogen and oxygen atoms in total. The molecular formula is C16H24N2O. The van der Waals surface area contributed by atoms with Crippen molar-refractivity contribution < 1.29 is 4.74 Å². The molecular weight excluding hydrogens is 236 g/mol. The van der Waals surface area contributed by atoms with Gasteiger partial charge in [0.15, 0.2) is 0 Å². The predicted molar refractivity (Wildman–Crippen MR) is 76.1 cm³/mol. The molecule has 0 bridgehead atoms. The third kappa shape index (κ3) is 3.34. The minimum absolute atomic E-state index is 0.274. The van der Waals surface area contributed by atoms with Gasteiger partial charge in [0.25, 0.3) is 0 Å². The van der Waals surface area contributed by atoms with Crippen LogP contribution in [0.25, 0.3) is 0 Å². The number of hydrogen-bond donors (Lipinski definition) is 1. The fourth-order valence-electron chi connectivity index (χ4n) is 3.47. The zero-order valence-corrected chi connectivity index (χ0v) is 11.6. The van der Waals surface area contributed by atoms with Crippen molar-refractivity contribution in [3.05, 3.63) is 30.1 Å². The first-order chi connectivity index (χ1) is 9.36. The van der Waals surface area contributed by atoms with Crippen molar-refractivity contribution in [3.63, 3.8) is 0 Å². The largest absolute Gasteiger partial charge is 0.370 e. The van der Waals surface area contributed by atoms with E-state index < -0.39 is 0 Å². The lowest BCUT2D eigenvalue weighted by Crippen LogP contribution is -2.31. The zero-order chi connectivity index (χ0) is 13.0. The summed E-state index contributed by atoms with van der Waals surface area (Å²) in [6.45, 7) is 2.01. The molecule has 1 aromatic heterocycles. The van der Waals surface area contributed by atoms with E-state index >= 15 is 0 Å². The predicted octanol–water partition coefficient (Wildman–Crippen LogP) is 2.71. The molecule has 2 heterocycles. The van der Waals surface area contributed by atoms with E-state index in [1.807, 2.05) is 18.5 Å². The van der Waals surface area contributed by atoms with Gasteiger partial charge in [-0.2, -0.15) is 0 Å². The first-order valence-corrected chi connectivity index (χ1v) is 7.64. The Morgan fingerprint density at radius 2 is 2.21 bits per heavy atom. The molecule has 0 amide bonds. The molecule has 0 aromatic carbocycles. The number of hydrogen-bond acceptors (Lipinski definition) is 3. The summed E-state index contributed by atoms with van der Waals surface area (Å²) >= 11 is 0. The molecule has 1 aliphatic heterocycles. The van der Waals surface area contributed by atoms with Gasteiger partial charge in [-0.25, -0.2) is 0 Å². The number of rotatable bonds is 5. The number of aromatic nitrogens is 1. The number of nitrogens with zero attached hydrogens (tertiary/aromatic N) is 1. The highest BCUT2D eigenvalue weighted by atomic mass is 16.5. The van der Waals surface area contributed by atoms with Crippen LogP contribution < -0.4 is 5.32 Å². The summed E-state index contributed by atoms with van der Waals surface area (Å²) in [6.07, 6.45) is 13.1. The van der Waals surface area contributed by atoms with Crippen LogP contribution in [0.1, 0.15) is 44.1 Å². The molecule has 1 N–H and O–H groups in total. The van der Waals surface area contributed by atoms with Crippen LogP contribution in [0.3, 0.4) is 0 Å². The van der Waals surface area contributed by atoms with E-state index in [0.717, 1.165) is 19.5 Å². The average Bonchev–Trinajstić information content (AvgIpc) is 3.07. The molecule has 19 heavy (non-hydrogen) atoms. The summed E-state index contributed by atoms with van der Waals surface area (Å²) < 4.78 is 6.29. The lowest BCUT2D eigenvalue weighted by molar-refractivity contribution is -0.0349. The summed E-state index contributed by atoms with van der Waals surface area (Å²) in [5.41, 5.74) is 1.57. The minimum Gasteiger partial charge on any atom is -0.370 e. The van der Waals surface area contributed by atoms with Gasteiger partial charge in [0.2, 0.25) is 0 Å². The summed E-state index contributed by atoms with van der Waals surface area (Å²) in [6, 6.07) is 4.13. The molecule has 0 radical (unpaired) electrons. The smallest absolute Gasteiger partial charge is 0.0708 e.